The van der Waals surface area contributed by atoms with E-state index in [1.807, 2.05) is 27.2 Å². The summed E-state index contributed by atoms with van der Waals surface area (Å²) >= 11 is 0. The third-order valence-electron chi connectivity index (χ3n) is 7.16. The molecule has 1 amide bonds. The molecular formula is C33H65N2O6P. The molecule has 0 fully saturated rings. The van der Waals surface area contributed by atoms with E-state index in [2.05, 4.69) is 31.3 Å². The first-order chi connectivity index (χ1) is 20.0. The Labute approximate surface area is 258 Å². The van der Waals surface area contributed by atoms with Crippen molar-refractivity contribution < 1.29 is 32.9 Å². The van der Waals surface area contributed by atoms with Gasteiger partial charge in [-0.25, -0.2) is 0 Å². The highest BCUT2D eigenvalue weighted by Crippen LogP contribution is 2.38. The van der Waals surface area contributed by atoms with Crippen LogP contribution in [0.15, 0.2) is 24.3 Å². The second kappa shape index (κ2) is 26.4. The molecule has 0 aromatic heterocycles. The number of hydrogen-bond donors (Lipinski definition) is 2. The lowest BCUT2D eigenvalue weighted by Gasteiger charge is -2.29. The molecule has 1 unspecified atom stereocenters. The maximum absolute atomic E-state index is 12.6. The maximum atomic E-state index is 12.6. The fourth-order valence-corrected chi connectivity index (χ4v) is 5.12. The van der Waals surface area contributed by atoms with Crippen LogP contribution in [-0.2, 0) is 18.4 Å². The van der Waals surface area contributed by atoms with E-state index in [0.29, 0.717) is 17.4 Å². The van der Waals surface area contributed by atoms with Gasteiger partial charge in [0.25, 0.3) is 7.82 Å². The highest BCUT2D eigenvalue weighted by molar-refractivity contribution is 7.45. The summed E-state index contributed by atoms with van der Waals surface area (Å²) in [6.07, 6.45) is 26.6. The number of aliphatic hydroxyl groups is 1. The average molecular weight is 617 g/mol. The van der Waals surface area contributed by atoms with Gasteiger partial charge < -0.3 is 28.8 Å². The van der Waals surface area contributed by atoms with Gasteiger partial charge >= 0.3 is 0 Å². The minimum atomic E-state index is -4.57. The van der Waals surface area contributed by atoms with Gasteiger partial charge in [-0.1, -0.05) is 115 Å². The number of rotatable bonds is 29. The predicted octanol–water partition coefficient (Wildman–Crippen LogP) is 7.21. The van der Waals surface area contributed by atoms with Crippen LogP contribution in [-0.4, -0.2) is 68.5 Å². The molecule has 0 radical (unpaired) electrons. The lowest BCUT2D eigenvalue weighted by molar-refractivity contribution is -0.870. The minimum Gasteiger partial charge on any atom is -0.756 e. The molecule has 0 aromatic rings. The van der Waals surface area contributed by atoms with Crippen LogP contribution in [0.2, 0.25) is 0 Å². The monoisotopic (exact) mass is 616 g/mol. The zero-order valence-corrected chi connectivity index (χ0v) is 28.6. The number of likely N-dealkylation sites (N-methyl/N-ethyl adjacent to an activating group) is 1. The van der Waals surface area contributed by atoms with Crippen molar-refractivity contribution in [2.24, 2.45) is 0 Å². The number of hydrogen-bond acceptors (Lipinski definition) is 6. The summed E-state index contributed by atoms with van der Waals surface area (Å²) in [6.45, 7) is 4.52. The molecule has 0 aliphatic heterocycles. The number of unbranched alkanes of at least 4 members (excludes halogenated alkanes) is 14. The molecule has 0 saturated heterocycles. The van der Waals surface area contributed by atoms with E-state index < -0.39 is 26.6 Å². The van der Waals surface area contributed by atoms with Crippen molar-refractivity contribution in [2.45, 2.75) is 142 Å². The van der Waals surface area contributed by atoms with Crippen LogP contribution in [0.5, 0.6) is 0 Å². The second-order valence-electron chi connectivity index (χ2n) is 12.5. The van der Waals surface area contributed by atoms with Crippen LogP contribution >= 0.6 is 7.82 Å². The van der Waals surface area contributed by atoms with Gasteiger partial charge in [0.15, 0.2) is 0 Å². The van der Waals surface area contributed by atoms with E-state index in [0.717, 1.165) is 38.5 Å². The topological polar surface area (TPSA) is 108 Å². The van der Waals surface area contributed by atoms with Crippen molar-refractivity contribution in [3.63, 3.8) is 0 Å². The van der Waals surface area contributed by atoms with Crippen molar-refractivity contribution in [2.75, 3.05) is 40.9 Å². The van der Waals surface area contributed by atoms with E-state index in [4.69, 9.17) is 9.05 Å². The summed E-state index contributed by atoms with van der Waals surface area (Å²) in [4.78, 5) is 24.9. The van der Waals surface area contributed by atoms with Gasteiger partial charge in [-0.15, -0.1) is 0 Å². The number of carbonyl (C=O) groups excluding carboxylic acids is 1. The van der Waals surface area contributed by atoms with Gasteiger partial charge in [0.1, 0.15) is 13.2 Å². The molecule has 0 aromatic carbocycles. The average Bonchev–Trinajstić information content (AvgIpc) is 2.92. The largest absolute Gasteiger partial charge is 0.756 e. The zero-order chi connectivity index (χ0) is 31.5. The molecule has 42 heavy (non-hydrogen) atoms. The van der Waals surface area contributed by atoms with Crippen LogP contribution in [0.3, 0.4) is 0 Å². The molecule has 3 atom stereocenters. The smallest absolute Gasteiger partial charge is 0.268 e. The summed E-state index contributed by atoms with van der Waals surface area (Å²) < 4.78 is 22.9. The fourth-order valence-electron chi connectivity index (χ4n) is 4.40. The van der Waals surface area contributed by atoms with E-state index in [-0.39, 0.29) is 12.5 Å². The molecule has 0 aliphatic rings. The molecule has 9 heteroatoms. The van der Waals surface area contributed by atoms with Gasteiger partial charge in [-0.05, 0) is 32.1 Å². The third kappa shape index (κ3) is 27.8. The number of amides is 1. The predicted molar refractivity (Wildman–Crippen MR) is 173 cm³/mol. The Hall–Kier alpha value is -1.02. The van der Waals surface area contributed by atoms with Crippen molar-refractivity contribution >= 4 is 13.7 Å². The van der Waals surface area contributed by atoms with Crippen LogP contribution < -0.4 is 10.2 Å². The number of nitrogens with zero attached hydrogens (tertiary/aromatic N) is 1. The zero-order valence-electron chi connectivity index (χ0n) is 27.7. The Morgan fingerprint density at radius 2 is 1.33 bits per heavy atom. The quantitative estimate of drug-likeness (QED) is 0.0398. The number of quaternary nitrogens is 1. The van der Waals surface area contributed by atoms with Gasteiger partial charge in [-0.2, -0.15) is 0 Å². The molecule has 248 valence electrons. The van der Waals surface area contributed by atoms with Crippen molar-refractivity contribution in [1.82, 2.24) is 5.32 Å². The molecule has 0 rings (SSSR count). The van der Waals surface area contributed by atoms with E-state index in [9.17, 15) is 19.4 Å². The fraction of sp³-hybridized carbons (Fsp3) is 0.848. The second-order valence-corrected chi connectivity index (χ2v) is 13.9. The first-order valence-corrected chi connectivity index (χ1v) is 18.2. The van der Waals surface area contributed by atoms with Crippen LogP contribution in [0.1, 0.15) is 129 Å². The Morgan fingerprint density at radius 1 is 0.810 bits per heavy atom. The molecular weight excluding hydrogens is 551 g/mol. The Morgan fingerprint density at radius 3 is 1.93 bits per heavy atom. The Bertz CT molecular complexity index is 753. The van der Waals surface area contributed by atoms with Crippen LogP contribution in [0.25, 0.3) is 0 Å². The number of allylic oxidation sites excluding steroid dienone is 3. The highest BCUT2D eigenvalue weighted by atomic mass is 31.2. The normalized spacial score (nSPS) is 15.3. The lowest BCUT2D eigenvalue weighted by Crippen LogP contribution is -2.45. The molecule has 8 nitrogen and oxygen atoms in total. The summed E-state index contributed by atoms with van der Waals surface area (Å²) in [5.41, 5.74) is 0. The van der Waals surface area contributed by atoms with Gasteiger partial charge in [0, 0.05) is 6.42 Å². The maximum Gasteiger partial charge on any atom is 0.268 e. The van der Waals surface area contributed by atoms with Crippen molar-refractivity contribution in [3.8, 4) is 0 Å². The van der Waals surface area contributed by atoms with Gasteiger partial charge in [0.05, 0.1) is 39.9 Å². The van der Waals surface area contributed by atoms with E-state index in [1.165, 1.54) is 70.6 Å². The molecule has 2 N–H and O–H groups in total. The summed E-state index contributed by atoms with van der Waals surface area (Å²) in [5.74, 6) is -0.218. The summed E-state index contributed by atoms with van der Waals surface area (Å²) in [6, 6.07) is -0.893. The first-order valence-electron chi connectivity index (χ1n) is 16.7. The highest BCUT2D eigenvalue weighted by Gasteiger charge is 2.23. The molecule has 0 saturated carbocycles. The molecule has 0 aliphatic carbocycles. The van der Waals surface area contributed by atoms with Gasteiger partial charge in [-0.3, -0.25) is 9.36 Å². The summed E-state index contributed by atoms with van der Waals surface area (Å²) in [7, 11) is 1.24. The number of aliphatic hydroxyl groups excluding tert-OH is 1. The minimum absolute atomic E-state index is 0.00546. The van der Waals surface area contributed by atoms with E-state index >= 15 is 0 Å². The van der Waals surface area contributed by atoms with Gasteiger partial charge in [0.2, 0.25) is 5.91 Å². The molecule has 0 heterocycles. The van der Waals surface area contributed by atoms with Crippen LogP contribution in [0, 0.1) is 0 Å². The molecule has 0 bridgehead atoms. The van der Waals surface area contributed by atoms with Crippen LogP contribution in [0.4, 0.5) is 0 Å². The van der Waals surface area contributed by atoms with Crippen molar-refractivity contribution in [1.29, 1.82) is 0 Å². The standard InChI is InChI=1S/C33H65N2O6P/c1-6-8-10-12-14-15-16-17-18-19-21-22-24-26-32(36)31(30-41-42(38,39)40-29-28-35(3,4)5)34-33(37)27-25-23-20-13-11-9-7-2/h18-19,24,26,31-32,36H,6-17,20-23,25,27-30H2,1-5H3,(H-,34,37,38,39)/b19-18+,26-24+/t31-,32+/m0/s1. The number of phosphoric acid groups is 1. The third-order valence-corrected chi connectivity index (χ3v) is 8.13. The number of carbonyl (C=O) groups is 1. The number of phosphoric ester groups is 1. The number of nitrogens with one attached hydrogen (secondary N) is 1. The first kappa shape index (κ1) is 41.0. The lowest BCUT2D eigenvalue weighted by atomic mass is 10.1. The van der Waals surface area contributed by atoms with E-state index in [1.54, 1.807) is 6.08 Å². The molecule has 0 spiro atoms. The summed E-state index contributed by atoms with van der Waals surface area (Å²) in [5, 5.41) is 13.6. The Kier molecular flexibility index (Phi) is 25.7. The van der Waals surface area contributed by atoms with Crippen molar-refractivity contribution in [3.05, 3.63) is 24.3 Å². The Balaban J connectivity index is 4.67. The SMILES string of the molecule is CCCCCCCCC/C=C/CC/C=C/[C@@H](O)[C@H](COP(=O)([O-])OCC[N+](C)(C)C)NC(=O)CCCCCCCCC.